The van der Waals surface area contributed by atoms with Crippen molar-refractivity contribution in [3.05, 3.63) is 82.4 Å². The van der Waals surface area contributed by atoms with E-state index in [-0.39, 0.29) is 11.8 Å². The molecule has 0 saturated carbocycles. The largest absolute Gasteiger partial charge is 0.463 e. The number of anilines is 1. The Morgan fingerprint density at radius 1 is 1.15 bits per heavy atom. The molecule has 6 nitrogen and oxygen atoms in total. The minimum absolute atomic E-state index is 0.103. The van der Waals surface area contributed by atoms with E-state index in [0.717, 1.165) is 10.2 Å². The number of carbonyl (C=O) groups excluding carboxylic acids is 1. The number of aryl methyl sites for hydroxylation is 1. The first-order chi connectivity index (χ1) is 12.9. The molecule has 138 valence electrons. The Labute approximate surface area is 155 Å². The highest BCUT2D eigenvalue weighted by molar-refractivity contribution is 5.94. The number of rotatable bonds is 5. The number of ether oxygens (including phenoxy) is 1. The Morgan fingerprint density at radius 3 is 2.59 bits per heavy atom. The first-order valence-corrected chi connectivity index (χ1v) is 8.33. The van der Waals surface area contributed by atoms with Crippen LogP contribution in [0.5, 0.6) is 5.88 Å². The molecule has 7 heteroatoms. The van der Waals surface area contributed by atoms with Gasteiger partial charge >= 0.3 is 0 Å². The van der Waals surface area contributed by atoms with Gasteiger partial charge in [0.05, 0.1) is 5.69 Å². The summed E-state index contributed by atoms with van der Waals surface area (Å²) in [7, 11) is 0. The molecule has 0 aliphatic carbocycles. The second kappa shape index (κ2) is 7.82. The molecule has 0 bridgehead atoms. The van der Waals surface area contributed by atoms with Crippen molar-refractivity contribution in [1.82, 2.24) is 9.78 Å². The van der Waals surface area contributed by atoms with Crippen molar-refractivity contribution in [3.8, 4) is 11.6 Å². The molecule has 0 aliphatic heterocycles. The molecule has 3 aromatic rings. The van der Waals surface area contributed by atoms with Crippen LogP contribution in [0.25, 0.3) is 5.69 Å². The predicted octanol–water partition coefficient (Wildman–Crippen LogP) is 3.09. The van der Waals surface area contributed by atoms with Crippen molar-refractivity contribution in [3.63, 3.8) is 0 Å². The zero-order chi connectivity index (χ0) is 19.4. The fourth-order valence-corrected chi connectivity index (χ4v) is 2.43. The summed E-state index contributed by atoms with van der Waals surface area (Å²) in [5, 5.41) is 6.86. The highest BCUT2D eigenvalue weighted by Crippen LogP contribution is 2.13. The number of aromatic nitrogens is 2. The van der Waals surface area contributed by atoms with Gasteiger partial charge in [-0.25, -0.2) is 4.39 Å². The second-order valence-corrected chi connectivity index (χ2v) is 6.02. The minimum Gasteiger partial charge on any atom is -0.463 e. The van der Waals surface area contributed by atoms with Crippen LogP contribution in [0.3, 0.4) is 0 Å². The van der Waals surface area contributed by atoms with Crippen LogP contribution in [0.1, 0.15) is 12.5 Å². The summed E-state index contributed by atoms with van der Waals surface area (Å²) in [6.45, 7) is 3.51. The summed E-state index contributed by atoms with van der Waals surface area (Å²) in [6, 6.07) is 15.4. The smallest absolute Gasteiger partial charge is 0.271 e. The van der Waals surface area contributed by atoms with Gasteiger partial charge in [-0.1, -0.05) is 12.1 Å². The lowest BCUT2D eigenvalue weighted by Crippen LogP contribution is -2.31. The van der Waals surface area contributed by atoms with E-state index in [1.54, 1.807) is 13.0 Å². The molecule has 0 spiro atoms. The molecule has 0 radical (unpaired) electrons. The zero-order valence-electron chi connectivity index (χ0n) is 14.8. The van der Waals surface area contributed by atoms with Crippen molar-refractivity contribution in [2.45, 2.75) is 20.0 Å². The Bertz CT molecular complexity index is 1020. The quantitative estimate of drug-likeness (QED) is 0.752. The summed E-state index contributed by atoms with van der Waals surface area (Å²) in [5.74, 6) is -0.659. The van der Waals surface area contributed by atoms with Crippen LogP contribution in [0.4, 0.5) is 10.1 Å². The molecule has 1 aromatic heterocycles. The first-order valence-electron chi connectivity index (χ1n) is 8.33. The fourth-order valence-electron chi connectivity index (χ4n) is 2.43. The molecule has 1 heterocycles. The van der Waals surface area contributed by atoms with Gasteiger partial charge < -0.3 is 10.1 Å². The molecule has 27 heavy (non-hydrogen) atoms. The molecule has 1 N–H and O–H groups in total. The number of nitrogens with zero attached hydrogens (tertiary/aromatic N) is 2. The third-order valence-electron chi connectivity index (χ3n) is 3.80. The Kier molecular flexibility index (Phi) is 5.30. The van der Waals surface area contributed by atoms with Crippen molar-refractivity contribution >= 4 is 11.6 Å². The van der Waals surface area contributed by atoms with Crippen LogP contribution in [0.15, 0.2) is 65.5 Å². The maximum Gasteiger partial charge on any atom is 0.271 e. The van der Waals surface area contributed by atoms with Gasteiger partial charge in [-0.3, -0.25) is 9.59 Å². The van der Waals surface area contributed by atoms with Gasteiger partial charge in [-0.05, 0) is 55.8 Å². The number of amides is 1. The maximum absolute atomic E-state index is 13.1. The average molecular weight is 367 g/mol. The first kappa shape index (κ1) is 18.3. The van der Waals surface area contributed by atoms with Gasteiger partial charge in [0.1, 0.15) is 5.82 Å². The molecular formula is C20H18FN3O3. The van der Waals surface area contributed by atoms with Crippen LogP contribution in [0, 0.1) is 12.7 Å². The third-order valence-corrected chi connectivity index (χ3v) is 3.80. The van der Waals surface area contributed by atoms with E-state index >= 15 is 0 Å². The molecule has 0 fully saturated rings. The van der Waals surface area contributed by atoms with Crippen LogP contribution in [-0.2, 0) is 4.79 Å². The molecule has 1 atom stereocenters. The van der Waals surface area contributed by atoms with E-state index in [2.05, 4.69) is 10.4 Å². The molecule has 2 aromatic carbocycles. The zero-order valence-corrected chi connectivity index (χ0v) is 14.8. The molecule has 0 aliphatic rings. The van der Waals surface area contributed by atoms with E-state index in [1.165, 1.54) is 36.4 Å². The number of hydrogen-bond acceptors (Lipinski definition) is 4. The standard InChI is InChI=1S/C20H18FN3O3/c1-13-4-3-5-16(12-13)22-20(26)14(2)27-18-10-11-19(25)24(23-18)17-8-6-15(21)7-9-17/h3-12,14H,1-2H3,(H,22,26). The summed E-state index contributed by atoms with van der Waals surface area (Å²) in [6.07, 6.45) is -0.836. The average Bonchev–Trinajstić information content (AvgIpc) is 2.64. The monoisotopic (exact) mass is 367 g/mol. The van der Waals surface area contributed by atoms with E-state index in [9.17, 15) is 14.0 Å². The predicted molar refractivity (Wildman–Crippen MR) is 99.7 cm³/mol. The van der Waals surface area contributed by atoms with E-state index < -0.39 is 17.5 Å². The number of benzene rings is 2. The number of carbonyl (C=O) groups is 1. The van der Waals surface area contributed by atoms with Gasteiger partial charge in [-0.15, -0.1) is 5.10 Å². The number of hydrogen-bond donors (Lipinski definition) is 1. The van der Waals surface area contributed by atoms with Crippen LogP contribution in [-0.4, -0.2) is 21.8 Å². The fraction of sp³-hybridized carbons (Fsp3) is 0.150. The normalized spacial score (nSPS) is 11.7. The maximum atomic E-state index is 13.1. The van der Waals surface area contributed by atoms with E-state index in [1.807, 2.05) is 25.1 Å². The summed E-state index contributed by atoms with van der Waals surface area (Å²) >= 11 is 0. The van der Waals surface area contributed by atoms with Crippen LogP contribution in [0.2, 0.25) is 0 Å². The van der Waals surface area contributed by atoms with Crippen molar-refractivity contribution in [2.75, 3.05) is 5.32 Å². The van der Waals surface area contributed by atoms with Crippen molar-refractivity contribution < 1.29 is 13.9 Å². The minimum atomic E-state index is -0.836. The molecule has 3 rings (SSSR count). The molecule has 0 saturated heterocycles. The van der Waals surface area contributed by atoms with E-state index in [4.69, 9.17) is 4.74 Å². The van der Waals surface area contributed by atoms with Gasteiger partial charge in [0.2, 0.25) is 5.88 Å². The molecular weight excluding hydrogens is 349 g/mol. The molecule has 1 amide bonds. The Balaban J connectivity index is 1.75. The summed E-state index contributed by atoms with van der Waals surface area (Å²) < 4.78 is 19.7. The molecule has 1 unspecified atom stereocenters. The highest BCUT2D eigenvalue weighted by atomic mass is 19.1. The van der Waals surface area contributed by atoms with Gasteiger partial charge in [0.25, 0.3) is 11.5 Å². The SMILES string of the molecule is Cc1cccc(NC(=O)C(C)Oc2ccc(=O)n(-c3ccc(F)cc3)n2)c1. The van der Waals surface area contributed by atoms with Crippen molar-refractivity contribution in [1.29, 1.82) is 0 Å². The summed E-state index contributed by atoms with van der Waals surface area (Å²) in [5.41, 5.74) is 1.68. The lowest BCUT2D eigenvalue weighted by molar-refractivity contribution is -0.122. The highest BCUT2D eigenvalue weighted by Gasteiger charge is 2.16. The third kappa shape index (κ3) is 4.58. The summed E-state index contributed by atoms with van der Waals surface area (Å²) in [4.78, 5) is 24.3. The lowest BCUT2D eigenvalue weighted by Gasteiger charge is -2.15. The van der Waals surface area contributed by atoms with Crippen LogP contribution >= 0.6 is 0 Å². The second-order valence-electron chi connectivity index (χ2n) is 6.02. The van der Waals surface area contributed by atoms with Gasteiger partial charge in [0, 0.05) is 17.8 Å². The Hall–Kier alpha value is -3.48. The Morgan fingerprint density at radius 2 is 1.89 bits per heavy atom. The lowest BCUT2D eigenvalue weighted by atomic mass is 10.2. The van der Waals surface area contributed by atoms with E-state index in [0.29, 0.717) is 11.4 Å². The number of halogens is 1. The van der Waals surface area contributed by atoms with Crippen LogP contribution < -0.4 is 15.6 Å². The topological polar surface area (TPSA) is 73.2 Å². The van der Waals surface area contributed by atoms with Gasteiger partial charge in [-0.2, -0.15) is 4.68 Å². The van der Waals surface area contributed by atoms with Gasteiger partial charge in [0.15, 0.2) is 6.10 Å². The van der Waals surface area contributed by atoms with Crippen molar-refractivity contribution in [2.24, 2.45) is 0 Å². The number of nitrogens with one attached hydrogen (secondary N) is 1.